The van der Waals surface area contributed by atoms with E-state index in [1.165, 1.54) is 12.0 Å². The molecule has 0 amide bonds. The molecule has 0 aliphatic carbocycles. The third-order valence-corrected chi connectivity index (χ3v) is 2.49. The van der Waals surface area contributed by atoms with Crippen LogP contribution in [0.25, 0.3) is 5.69 Å². The van der Waals surface area contributed by atoms with Crippen molar-refractivity contribution in [2.75, 3.05) is 6.54 Å². The number of rotatable bonds is 5. The van der Waals surface area contributed by atoms with Gasteiger partial charge in [0.2, 0.25) is 0 Å². The number of aromatic nitrogens is 2. The van der Waals surface area contributed by atoms with Crippen LogP contribution < -0.4 is 5.32 Å². The minimum atomic E-state index is 0.943. The first kappa shape index (κ1) is 10.9. The molecule has 0 unspecified atom stereocenters. The molecule has 0 fully saturated rings. The molecule has 2 aromatic rings. The van der Waals surface area contributed by atoms with Gasteiger partial charge in [0.1, 0.15) is 0 Å². The molecule has 0 radical (unpaired) electrons. The smallest absolute Gasteiger partial charge is 0.0991 e. The second-order valence-electron chi connectivity index (χ2n) is 3.81. The molecule has 0 saturated carbocycles. The van der Waals surface area contributed by atoms with Crippen LogP contribution in [0.3, 0.4) is 0 Å². The van der Waals surface area contributed by atoms with E-state index in [9.17, 15) is 0 Å². The first-order valence-corrected chi connectivity index (χ1v) is 5.68. The molecule has 0 aliphatic rings. The number of hydrogen-bond donors (Lipinski definition) is 1. The highest BCUT2D eigenvalue weighted by Gasteiger charge is 1.95. The largest absolute Gasteiger partial charge is 0.313 e. The minimum absolute atomic E-state index is 0.943. The Hall–Kier alpha value is -1.61. The maximum atomic E-state index is 4.03. The topological polar surface area (TPSA) is 29.9 Å². The summed E-state index contributed by atoms with van der Waals surface area (Å²) >= 11 is 0. The highest BCUT2D eigenvalue weighted by molar-refractivity contribution is 5.34. The van der Waals surface area contributed by atoms with Crippen LogP contribution in [-0.4, -0.2) is 16.1 Å². The summed E-state index contributed by atoms with van der Waals surface area (Å²) in [6.45, 7) is 4.19. The Bertz CT molecular complexity index is 403. The van der Waals surface area contributed by atoms with Crippen LogP contribution in [-0.2, 0) is 6.54 Å². The van der Waals surface area contributed by atoms with Crippen LogP contribution in [0.15, 0.2) is 43.0 Å². The van der Waals surface area contributed by atoms with Crippen molar-refractivity contribution in [3.63, 3.8) is 0 Å². The third-order valence-electron chi connectivity index (χ3n) is 2.49. The lowest BCUT2D eigenvalue weighted by Crippen LogP contribution is -2.13. The SMILES string of the molecule is CCCNCc1ccc(-n2ccnc2)cc1. The third kappa shape index (κ3) is 2.70. The van der Waals surface area contributed by atoms with Gasteiger partial charge in [-0.3, -0.25) is 0 Å². The quantitative estimate of drug-likeness (QED) is 0.776. The number of nitrogens with one attached hydrogen (secondary N) is 1. The molecule has 0 bridgehead atoms. The van der Waals surface area contributed by atoms with Crippen molar-refractivity contribution in [2.45, 2.75) is 19.9 Å². The highest BCUT2D eigenvalue weighted by atomic mass is 15.0. The highest BCUT2D eigenvalue weighted by Crippen LogP contribution is 2.08. The summed E-state index contributed by atoms with van der Waals surface area (Å²) in [5.41, 5.74) is 2.47. The molecule has 3 heteroatoms. The molecule has 1 heterocycles. The van der Waals surface area contributed by atoms with E-state index < -0.39 is 0 Å². The zero-order valence-corrected chi connectivity index (χ0v) is 9.56. The number of hydrogen-bond acceptors (Lipinski definition) is 2. The Kier molecular flexibility index (Phi) is 3.72. The van der Waals surface area contributed by atoms with Gasteiger partial charge in [-0.1, -0.05) is 19.1 Å². The second-order valence-corrected chi connectivity index (χ2v) is 3.81. The fourth-order valence-electron chi connectivity index (χ4n) is 1.61. The molecule has 1 aromatic carbocycles. The maximum Gasteiger partial charge on any atom is 0.0991 e. The molecule has 0 saturated heterocycles. The van der Waals surface area contributed by atoms with E-state index in [4.69, 9.17) is 0 Å². The fourth-order valence-corrected chi connectivity index (χ4v) is 1.61. The molecular weight excluding hydrogens is 198 g/mol. The average molecular weight is 215 g/mol. The van der Waals surface area contributed by atoms with Crippen LogP contribution in [0.2, 0.25) is 0 Å². The van der Waals surface area contributed by atoms with Gasteiger partial charge in [-0.15, -0.1) is 0 Å². The van der Waals surface area contributed by atoms with Gasteiger partial charge in [-0.2, -0.15) is 0 Å². The Labute approximate surface area is 96.1 Å². The van der Waals surface area contributed by atoms with Gasteiger partial charge in [0.25, 0.3) is 0 Å². The maximum absolute atomic E-state index is 4.03. The molecule has 16 heavy (non-hydrogen) atoms. The van der Waals surface area contributed by atoms with E-state index in [-0.39, 0.29) is 0 Å². The van der Waals surface area contributed by atoms with Crippen molar-refractivity contribution >= 4 is 0 Å². The normalized spacial score (nSPS) is 10.6. The fraction of sp³-hybridized carbons (Fsp3) is 0.308. The molecule has 0 spiro atoms. The van der Waals surface area contributed by atoms with Crippen LogP contribution in [0, 0.1) is 0 Å². The summed E-state index contributed by atoms with van der Waals surface area (Å²) in [6, 6.07) is 8.53. The summed E-state index contributed by atoms with van der Waals surface area (Å²) in [7, 11) is 0. The Balaban J connectivity index is 2.00. The van der Waals surface area contributed by atoms with E-state index in [1.807, 2.05) is 17.1 Å². The second kappa shape index (κ2) is 5.47. The molecular formula is C13H17N3. The van der Waals surface area contributed by atoms with Crippen molar-refractivity contribution in [3.05, 3.63) is 48.5 Å². The summed E-state index contributed by atoms with van der Waals surface area (Å²) in [5, 5.41) is 3.39. The lowest BCUT2D eigenvalue weighted by Gasteiger charge is -2.05. The predicted octanol–water partition coefficient (Wildman–Crippen LogP) is 2.37. The number of imidazole rings is 1. The monoisotopic (exact) mass is 215 g/mol. The summed E-state index contributed by atoms with van der Waals surface area (Å²) in [5.74, 6) is 0. The van der Waals surface area contributed by atoms with E-state index in [0.29, 0.717) is 0 Å². The Morgan fingerprint density at radius 1 is 1.25 bits per heavy atom. The van der Waals surface area contributed by atoms with Crippen LogP contribution in [0.4, 0.5) is 0 Å². The molecule has 84 valence electrons. The van der Waals surface area contributed by atoms with Crippen molar-refractivity contribution < 1.29 is 0 Å². The zero-order chi connectivity index (χ0) is 11.2. The molecule has 0 atom stereocenters. The molecule has 0 aliphatic heterocycles. The van der Waals surface area contributed by atoms with Gasteiger partial charge in [0, 0.05) is 24.6 Å². The van der Waals surface area contributed by atoms with Gasteiger partial charge in [0.15, 0.2) is 0 Å². The number of nitrogens with zero attached hydrogens (tertiary/aromatic N) is 2. The van der Waals surface area contributed by atoms with E-state index >= 15 is 0 Å². The van der Waals surface area contributed by atoms with Gasteiger partial charge in [-0.25, -0.2) is 4.98 Å². The van der Waals surface area contributed by atoms with Gasteiger partial charge >= 0.3 is 0 Å². The van der Waals surface area contributed by atoms with Gasteiger partial charge in [0.05, 0.1) is 6.33 Å². The Morgan fingerprint density at radius 3 is 2.69 bits per heavy atom. The first-order chi connectivity index (χ1) is 7.90. The van der Waals surface area contributed by atoms with Crippen LogP contribution >= 0.6 is 0 Å². The Morgan fingerprint density at radius 2 is 2.06 bits per heavy atom. The lowest BCUT2D eigenvalue weighted by atomic mass is 10.2. The minimum Gasteiger partial charge on any atom is -0.313 e. The summed E-state index contributed by atoms with van der Waals surface area (Å²) in [6.07, 6.45) is 6.72. The van der Waals surface area contributed by atoms with Crippen LogP contribution in [0.5, 0.6) is 0 Å². The lowest BCUT2D eigenvalue weighted by molar-refractivity contribution is 0.675. The van der Waals surface area contributed by atoms with E-state index in [0.717, 1.165) is 18.8 Å². The van der Waals surface area contributed by atoms with E-state index in [1.54, 1.807) is 6.20 Å². The van der Waals surface area contributed by atoms with Gasteiger partial charge in [-0.05, 0) is 30.7 Å². The zero-order valence-electron chi connectivity index (χ0n) is 9.56. The van der Waals surface area contributed by atoms with E-state index in [2.05, 4.69) is 41.5 Å². The summed E-state index contributed by atoms with van der Waals surface area (Å²) < 4.78 is 2.00. The van der Waals surface area contributed by atoms with Gasteiger partial charge < -0.3 is 9.88 Å². The molecule has 1 N–H and O–H groups in total. The molecule has 2 rings (SSSR count). The first-order valence-electron chi connectivity index (χ1n) is 5.68. The molecule has 1 aromatic heterocycles. The number of benzene rings is 1. The van der Waals surface area contributed by atoms with Crippen molar-refractivity contribution in [1.82, 2.24) is 14.9 Å². The standard InChI is InChI=1S/C13H17N3/c1-2-7-14-10-12-3-5-13(6-4-12)16-9-8-15-11-16/h3-6,8-9,11,14H,2,7,10H2,1H3. The average Bonchev–Trinajstić information content (AvgIpc) is 2.84. The van der Waals surface area contributed by atoms with Crippen molar-refractivity contribution in [3.8, 4) is 5.69 Å². The van der Waals surface area contributed by atoms with Crippen molar-refractivity contribution in [1.29, 1.82) is 0 Å². The molecule has 3 nitrogen and oxygen atoms in total. The van der Waals surface area contributed by atoms with Crippen molar-refractivity contribution in [2.24, 2.45) is 0 Å². The van der Waals surface area contributed by atoms with Crippen LogP contribution in [0.1, 0.15) is 18.9 Å². The predicted molar refractivity (Wildman–Crippen MR) is 65.6 cm³/mol. The summed E-state index contributed by atoms with van der Waals surface area (Å²) in [4.78, 5) is 4.03.